The molecule has 0 spiro atoms. The van der Waals surface area contributed by atoms with E-state index in [1.165, 1.54) is 12.1 Å². The molecule has 0 saturated heterocycles. The number of halogens is 3. The summed E-state index contributed by atoms with van der Waals surface area (Å²) in [6.45, 7) is 0.107. The molecule has 0 aliphatic carbocycles. The molecule has 0 fully saturated rings. The standard InChI is InChI=1S/C28H23F3N4O2/c1-37-21-9-5-6-18(14-21)22-11-10-19(24-16-32-13-12-23(22)24)15-33-27(36)25-17-34-35(26(25)28(29,30)31)20-7-3-2-4-8-20/h2-14,16-17,27,33,36H,15H2,1H3. The second kappa shape index (κ2) is 10.0. The van der Waals surface area contributed by atoms with Gasteiger partial charge >= 0.3 is 6.18 Å². The average molecular weight is 505 g/mol. The number of rotatable bonds is 7. The summed E-state index contributed by atoms with van der Waals surface area (Å²) in [5, 5.41) is 19.2. The topological polar surface area (TPSA) is 72.2 Å². The molecule has 2 N–H and O–H groups in total. The van der Waals surface area contributed by atoms with E-state index in [2.05, 4.69) is 15.4 Å². The van der Waals surface area contributed by atoms with Gasteiger partial charge in [-0.1, -0.05) is 42.5 Å². The number of methoxy groups -OCH3 is 1. The van der Waals surface area contributed by atoms with Gasteiger partial charge in [0, 0.05) is 29.9 Å². The molecule has 1 unspecified atom stereocenters. The third-order valence-corrected chi connectivity index (χ3v) is 6.14. The highest BCUT2D eigenvalue weighted by molar-refractivity contribution is 5.98. The molecule has 0 radical (unpaired) electrons. The van der Waals surface area contributed by atoms with Crippen molar-refractivity contribution in [3.05, 3.63) is 108 Å². The molecule has 3 aromatic carbocycles. The first kappa shape index (κ1) is 24.5. The minimum Gasteiger partial charge on any atom is -0.497 e. The van der Waals surface area contributed by atoms with E-state index in [0.29, 0.717) is 0 Å². The van der Waals surface area contributed by atoms with Gasteiger partial charge in [-0.25, -0.2) is 4.68 Å². The van der Waals surface area contributed by atoms with E-state index >= 15 is 0 Å². The fourth-order valence-corrected chi connectivity index (χ4v) is 4.37. The number of nitrogens with zero attached hydrogens (tertiary/aromatic N) is 3. The Hall–Kier alpha value is -4.21. The Morgan fingerprint density at radius 1 is 0.973 bits per heavy atom. The maximum absolute atomic E-state index is 14.0. The summed E-state index contributed by atoms with van der Waals surface area (Å²) in [6.07, 6.45) is -1.89. The molecular weight excluding hydrogens is 481 g/mol. The summed E-state index contributed by atoms with van der Waals surface area (Å²) in [4.78, 5) is 4.23. The van der Waals surface area contributed by atoms with Crippen molar-refractivity contribution in [3.63, 3.8) is 0 Å². The van der Waals surface area contributed by atoms with Crippen molar-refractivity contribution in [1.82, 2.24) is 20.1 Å². The monoisotopic (exact) mass is 504 g/mol. The number of nitrogens with one attached hydrogen (secondary N) is 1. The number of aromatic nitrogens is 3. The zero-order valence-corrected chi connectivity index (χ0v) is 19.8. The molecule has 2 heterocycles. The number of pyridine rings is 1. The summed E-state index contributed by atoms with van der Waals surface area (Å²) in [5.74, 6) is 0.727. The van der Waals surface area contributed by atoms with Crippen LogP contribution in [0.1, 0.15) is 23.0 Å². The van der Waals surface area contributed by atoms with E-state index in [0.717, 1.165) is 44.1 Å². The first-order valence-corrected chi connectivity index (χ1v) is 11.5. The second-order valence-corrected chi connectivity index (χ2v) is 8.40. The number of benzene rings is 3. The first-order chi connectivity index (χ1) is 17.9. The van der Waals surface area contributed by atoms with Crippen LogP contribution in [0, 0.1) is 0 Å². The molecule has 188 valence electrons. The quantitative estimate of drug-likeness (QED) is 0.270. The Labute approximate surface area is 211 Å². The molecular formula is C28H23F3N4O2. The summed E-state index contributed by atoms with van der Waals surface area (Å²) in [6, 6.07) is 21.4. The summed E-state index contributed by atoms with van der Waals surface area (Å²) in [5.41, 5.74) is 1.56. The molecule has 2 aromatic heterocycles. The highest BCUT2D eigenvalue weighted by Crippen LogP contribution is 2.36. The zero-order valence-electron chi connectivity index (χ0n) is 19.8. The number of fused-ring (bicyclic) bond motifs is 1. The lowest BCUT2D eigenvalue weighted by Gasteiger charge is -2.18. The molecule has 0 aliphatic heterocycles. The molecule has 5 rings (SSSR count). The largest absolute Gasteiger partial charge is 0.497 e. The molecule has 0 saturated carbocycles. The van der Waals surface area contributed by atoms with Crippen LogP contribution in [-0.4, -0.2) is 27.0 Å². The maximum Gasteiger partial charge on any atom is 0.433 e. The van der Waals surface area contributed by atoms with Crippen molar-refractivity contribution in [2.24, 2.45) is 0 Å². The van der Waals surface area contributed by atoms with Gasteiger partial charge in [0.2, 0.25) is 0 Å². The minimum absolute atomic E-state index is 0.107. The van der Waals surface area contributed by atoms with Gasteiger partial charge in [-0.2, -0.15) is 18.3 Å². The smallest absolute Gasteiger partial charge is 0.433 e. The van der Waals surface area contributed by atoms with E-state index in [-0.39, 0.29) is 17.8 Å². The molecule has 0 amide bonds. The lowest BCUT2D eigenvalue weighted by atomic mass is 9.96. The van der Waals surface area contributed by atoms with Gasteiger partial charge < -0.3 is 9.84 Å². The normalized spacial score (nSPS) is 12.6. The van der Waals surface area contributed by atoms with Gasteiger partial charge in [-0.15, -0.1) is 0 Å². The summed E-state index contributed by atoms with van der Waals surface area (Å²) in [7, 11) is 1.61. The molecule has 5 aromatic rings. The van der Waals surface area contributed by atoms with E-state index in [9.17, 15) is 18.3 Å². The predicted octanol–water partition coefficient (Wildman–Crippen LogP) is 5.90. The van der Waals surface area contributed by atoms with Gasteiger partial charge in [0.25, 0.3) is 0 Å². The molecule has 6 nitrogen and oxygen atoms in total. The van der Waals surface area contributed by atoms with Gasteiger partial charge in [0.05, 0.1) is 19.0 Å². The van der Waals surface area contributed by atoms with Crippen LogP contribution in [0.4, 0.5) is 13.2 Å². The average Bonchev–Trinajstić information content (AvgIpc) is 3.38. The SMILES string of the molecule is COc1cccc(-c2ccc(CNC(O)c3cnn(-c4ccccc4)c3C(F)(F)F)c3cnccc23)c1. The number of hydrogen-bond donors (Lipinski definition) is 2. The van der Waals surface area contributed by atoms with Crippen molar-refractivity contribution in [3.8, 4) is 22.6 Å². The van der Waals surface area contributed by atoms with Crippen LogP contribution < -0.4 is 10.1 Å². The number of hydrogen-bond acceptors (Lipinski definition) is 5. The highest BCUT2D eigenvalue weighted by Gasteiger charge is 2.40. The van der Waals surface area contributed by atoms with E-state index in [1.54, 1.807) is 37.7 Å². The Balaban J connectivity index is 1.45. The van der Waals surface area contributed by atoms with Gasteiger partial charge in [-0.3, -0.25) is 10.3 Å². The fourth-order valence-electron chi connectivity index (χ4n) is 4.37. The number of ether oxygens (including phenoxy) is 1. The fraction of sp³-hybridized carbons (Fsp3) is 0.143. The summed E-state index contributed by atoms with van der Waals surface area (Å²) < 4.78 is 48.1. The van der Waals surface area contributed by atoms with Crippen LogP contribution in [0.3, 0.4) is 0 Å². The Bertz CT molecular complexity index is 1530. The molecule has 9 heteroatoms. The van der Waals surface area contributed by atoms with Crippen LogP contribution in [0.15, 0.2) is 91.4 Å². The van der Waals surface area contributed by atoms with E-state index in [1.807, 2.05) is 42.5 Å². The van der Waals surface area contributed by atoms with Crippen molar-refractivity contribution < 1.29 is 23.0 Å². The number of aliphatic hydroxyl groups is 1. The van der Waals surface area contributed by atoms with Crippen molar-refractivity contribution in [1.29, 1.82) is 0 Å². The number of para-hydroxylation sites is 1. The maximum atomic E-state index is 14.0. The summed E-state index contributed by atoms with van der Waals surface area (Å²) >= 11 is 0. The van der Waals surface area contributed by atoms with Crippen molar-refractivity contribution in [2.45, 2.75) is 18.9 Å². The molecule has 0 bridgehead atoms. The van der Waals surface area contributed by atoms with Gasteiger partial charge in [-0.05, 0) is 52.4 Å². The second-order valence-electron chi connectivity index (χ2n) is 8.40. The third kappa shape index (κ3) is 4.91. The Morgan fingerprint density at radius 3 is 2.54 bits per heavy atom. The van der Waals surface area contributed by atoms with Gasteiger partial charge in [0.1, 0.15) is 12.0 Å². The van der Waals surface area contributed by atoms with Crippen LogP contribution in [0.25, 0.3) is 27.6 Å². The van der Waals surface area contributed by atoms with Crippen molar-refractivity contribution >= 4 is 10.8 Å². The zero-order chi connectivity index (χ0) is 26.0. The first-order valence-electron chi connectivity index (χ1n) is 11.5. The van der Waals surface area contributed by atoms with E-state index < -0.39 is 18.1 Å². The Morgan fingerprint density at radius 2 is 1.78 bits per heavy atom. The predicted molar refractivity (Wildman–Crippen MR) is 134 cm³/mol. The molecule has 1 atom stereocenters. The van der Waals surface area contributed by atoms with Crippen LogP contribution in [0.5, 0.6) is 5.75 Å². The minimum atomic E-state index is -4.72. The highest BCUT2D eigenvalue weighted by atomic mass is 19.4. The van der Waals surface area contributed by atoms with Crippen LogP contribution in [-0.2, 0) is 12.7 Å². The third-order valence-electron chi connectivity index (χ3n) is 6.14. The van der Waals surface area contributed by atoms with Crippen molar-refractivity contribution in [2.75, 3.05) is 7.11 Å². The number of alkyl halides is 3. The Kier molecular flexibility index (Phi) is 6.64. The number of aliphatic hydroxyl groups excluding tert-OH is 1. The van der Waals surface area contributed by atoms with Gasteiger partial charge in [0.15, 0.2) is 5.69 Å². The lowest BCUT2D eigenvalue weighted by Crippen LogP contribution is -2.24. The molecule has 0 aliphatic rings. The molecule has 37 heavy (non-hydrogen) atoms. The van der Waals surface area contributed by atoms with E-state index in [4.69, 9.17) is 4.74 Å². The van der Waals surface area contributed by atoms with Crippen LogP contribution in [0.2, 0.25) is 0 Å². The van der Waals surface area contributed by atoms with Crippen LogP contribution >= 0.6 is 0 Å². The lowest BCUT2D eigenvalue weighted by molar-refractivity contribution is -0.144.